The number of hydrogen-bond donors (Lipinski definition) is 0. The van der Waals surface area contributed by atoms with Crippen molar-refractivity contribution in [2.45, 2.75) is 49.7 Å². The number of fused-ring (bicyclic) bond motifs is 10. The van der Waals surface area contributed by atoms with Crippen LogP contribution in [0.1, 0.15) is 53.0 Å². The zero-order chi connectivity index (χ0) is 34.9. The highest BCUT2D eigenvalue weighted by molar-refractivity contribution is 5.87. The summed E-state index contributed by atoms with van der Waals surface area (Å²) in [6.07, 6.45) is 27.5. The van der Waals surface area contributed by atoms with Gasteiger partial charge in [0.25, 0.3) is 0 Å². The lowest BCUT2D eigenvalue weighted by Crippen LogP contribution is -2.44. The van der Waals surface area contributed by atoms with E-state index < -0.39 is 0 Å². The first-order valence-corrected chi connectivity index (χ1v) is 19.2. The zero-order valence-corrected chi connectivity index (χ0v) is 29.6. The number of para-hydroxylation sites is 2. The molecule has 0 spiro atoms. The topological polar surface area (TPSA) is 19.6 Å². The Bertz CT molecular complexity index is 2660. The number of furan rings is 1. The van der Waals surface area contributed by atoms with Gasteiger partial charge in [0.05, 0.1) is 18.1 Å². The first-order chi connectivity index (χ1) is 26.3. The van der Waals surface area contributed by atoms with E-state index in [4.69, 9.17) is 4.42 Å². The Kier molecular flexibility index (Phi) is 7.08. The number of hydrogen-bond acceptors (Lipinski definition) is 3. The van der Waals surface area contributed by atoms with E-state index in [2.05, 4.69) is 180 Å². The van der Waals surface area contributed by atoms with Gasteiger partial charge in [-0.1, -0.05) is 127 Å². The quantitative estimate of drug-likeness (QED) is 0.180. The number of nitrogens with zero attached hydrogens (tertiary/aromatic N) is 2. The van der Waals surface area contributed by atoms with Crippen LogP contribution < -0.4 is 20.4 Å². The Morgan fingerprint density at radius 2 is 1.58 bits per heavy atom. The fourth-order valence-corrected chi connectivity index (χ4v) is 9.78. The highest BCUT2D eigenvalue weighted by Gasteiger charge is 2.43. The molecular weight excluding hydrogens is 645 g/mol. The van der Waals surface area contributed by atoms with Crippen molar-refractivity contribution in [3.63, 3.8) is 0 Å². The molecule has 4 atom stereocenters. The van der Waals surface area contributed by atoms with Gasteiger partial charge in [0.2, 0.25) is 0 Å². The van der Waals surface area contributed by atoms with Crippen molar-refractivity contribution in [1.82, 2.24) is 0 Å². The van der Waals surface area contributed by atoms with Crippen molar-refractivity contribution in [3.05, 3.63) is 184 Å². The van der Waals surface area contributed by atoms with Crippen LogP contribution in [0.2, 0.25) is 0 Å². The molecule has 5 aromatic carbocycles. The minimum atomic E-state index is 0.189. The minimum Gasteiger partial charge on any atom is -0.456 e. The van der Waals surface area contributed by atoms with Crippen molar-refractivity contribution in [1.29, 1.82) is 0 Å². The largest absolute Gasteiger partial charge is 0.456 e. The summed E-state index contributed by atoms with van der Waals surface area (Å²) in [5.41, 5.74) is 15.4. The molecule has 1 aromatic heterocycles. The average Bonchev–Trinajstić information content (AvgIpc) is 3.78. The molecule has 0 radical (unpaired) electrons. The molecule has 5 aliphatic rings. The second-order valence-electron chi connectivity index (χ2n) is 15.0. The lowest BCUT2D eigenvalue weighted by atomic mass is 9.76. The van der Waals surface area contributed by atoms with Gasteiger partial charge < -0.3 is 14.2 Å². The van der Waals surface area contributed by atoms with Gasteiger partial charge >= 0.3 is 0 Å². The van der Waals surface area contributed by atoms with E-state index in [-0.39, 0.29) is 24.0 Å². The maximum Gasteiger partial charge on any atom is 0.135 e. The molecule has 0 saturated carbocycles. The maximum atomic E-state index is 6.38. The summed E-state index contributed by atoms with van der Waals surface area (Å²) in [7, 11) is 0. The molecule has 0 fully saturated rings. The highest BCUT2D eigenvalue weighted by Crippen LogP contribution is 2.54. The van der Waals surface area contributed by atoms with Crippen molar-refractivity contribution < 1.29 is 4.42 Å². The summed E-state index contributed by atoms with van der Waals surface area (Å²) >= 11 is 0. The van der Waals surface area contributed by atoms with Crippen LogP contribution in [-0.2, 0) is 6.42 Å². The molecule has 0 saturated heterocycles. The summed E-state index contributed by atoms with van der Waals surface area (Å²) in [5.74, 6) is 0.255. The fraction of sp³-hybridized carbons (Fsp3) is 0.160. The van der Waals surface area contributed by atoms with E-state index in [1.807, 2.05) is 0 Å². The molecule has 4 aliphatic carbocycles. The van der Waals surface area contributed by atoms with E-state index in [9.17, 15) is 0 Å². The second kappa shape index (κ2) is 12.3. The lowest BCUT2D eigenvalue weighted by Gasteiger charge is -2.38. The molecule has 3 heteroatoms. The van der Waals surface area contributed by atoms with Gasteiger partial charge in [-0.15, -0.1) is 0 Å². The summed E-state index contributed by atoms with van der Waals surface area (Å²) in [4.78, 5) is 5.16. The molecule has 0 bridgehead atoms. The number of allylic oxidation sites excluding steroid dienone is 3. The van der Waals surface area contributed by atoms with Crippen LogP contribution in [0.3, 0.4) is 0 Å². The zero-order valence-electron chi connectivity index (χ0n) is 29.6. The van der Waals surface area contributed by atoms with Gasteiger partial charge in [-0.25, -0.2) is 0 Å². The standard InChI is InChI=1S/C50H40N2O/c1-3-13-35(14-4-1)51(38-27-28-43-42-18-9-10-21-47(42)53-48(43)32-38)37-25-22-34(23-26-37)39-19-11-20-44-41(39)29-31-46-50(44)49-40-17-8-7-12-33(40)24-30-45(49)52(46)36-15-5-2-6-16-36/h1-6,8-11,13,15-26,28-32,35,38,46,50H,7,12,14,27H2. The summed E-state index contributed by atoms with van der Waals surface area (Å²) in [6, 6.07) is 41.1. The third kappa shape index (κ3) is 4.87. The Labute approximate surface area is 310 Å². The molecule has 4 unspecified atom stereocenters. The molecule has 256 valence electrons. The Hall–Kier alpha value is -6.06. The predicted octanol–water partition coefficient (Wildman–Crippen LogP) is 10.5. The summed E-state index contributed by atoms with van der Waals surface area (Å²) in [5, 5.41) is 2.43. The first-order valence-electron chi connectivity index (χ1n) is 19.2. The number of benzene rings is 5. The van der Waals surface area contributed by atoms with Crippen molar-refractivity contribution in [2.24, 2.45) is 0 Å². The summed E-state index contributed by atoms with van der Waals surface area (Å²) < 4.78 is 6.38. The summed E-state index contributed by atoms with van der Waals surface area (Å²) in [6.45, 7) is 0. The van der Waals surface area contributed by atoms with E-state index in [0.29, 0.717) is 0 Å². The first kappa shape index (κ1) is 30.6. The van der Waals surface area contributed by atoms with E-state index in [1.54, 1.807) is 0 Å². The van der Waals surface area contributed by atoms with Crippen LogP contribution in [0, 0.1) is 0 Å². The normalized spacial score (nSPS) is 21.6. The van der Waals surface area contributed by atoms with Crippen molar-refractivity contribution in [2.75, 3.05) is 9.80 Å². The third-order valence-corrected chi connectivity index (χ3v) is 12.1. The minimum absolute atomic E-state index is 0.189. The second-order valence-corrected chi connectivity index (χ2v) is 15.0. The van der Waals surface area contributed by atoms with E-state index >= 15 is 0 Å². The predicted molar refractivity (Wildman–Crippen MR) is 221 cm³/mol. The molecule has 0 N–H and O–H groups in total. The molecule has 3 nitrogen and oxygen atoms in total. The van der Waals surface area contributed by atoms with Gasteiger partial charge in [-0.05, 0) is 107 Å². The average molecular weight is 685 g/mol. The molecule has 11 rings (SSSR count). The third-order valence-electron chi connectivity index (χ3n) is 12.1. The van der Waals surface area contributed by atoms with Crippen LogP contribution in [0.4, 0.5) is 17.1 Å². The lowest BCUT2D eigenvalue weighted by molar-refractivity contribution is 0.561. The van der Waals surface area contributed by atoms with Crippen LogP contribution in [-0.4, -0.2) is 18.1 Å². The fourth-order valence-electron chi connectivity index (χ4n) is 9.78. The number of anilines is 3. The van der Waals surface area contributed by atoms with Crippen LogP contribution in [0.15, 0.2) is 150 Å². The SMILES string of the molecule is C1=CCC(N(c2ccc(-c3cccc4c3C=CC3C4c4c(ccc5c4C=CCC5)N3c3ccccc3)cc2)C2C=c3oc4ccccc4c3=CC2)C=C1. The number of rotatable bonds is 5. The van der Waals surface area contributed by atoms with Crippen molar-refractivity contribution in [3.8, 4) is 11.1 Å². The highest BCUT2D eigenvalue weighted by atomic mass is 16.3. The molecule has 0 amide bonds. The Balaban J connectivity index is 0.986. The molecule has 53 heavy (non-hydrogen) atoms. The van der Waals surface area contributed by atoms with Gasteiger partial charge in [-0.3, -0.25) is 0 Å². The molecular formula is C50H40N2O. The van der Waals surface area contributed by atoms with E-state index in [0.717, 1.165) is 36.7 Å². The van der Waals surface area contributed by atoms with Crippen LogP contribution in [0.25, 0.3) is 46.4 Å². The van der Waals surface area contributed by atoms with E-state index in [1.165, 1.54) is 66.6 Å². The van der Waals surface area contributed by atoms with Crippen LogP contribution >= 0.6 is 0 Å². The number of aryl methyl sites for hydroxylation is 1. The monoisotopic (exact) mass is 684 g/mol. The maximum absolute atomic E-state index is 6.38. The Morgan fingerprint density at radius 1 is 0.698 bits per heavy atom. The molecule has 2 heterocycles. The van der Waals surface area contributed by atoms with Crippen LogP contribution in [0.5, 0.6) is 0 Å². The Morgan fingerprint density at radius 3 is 2.47 bits per heavy atom. The van der Waals surface area contributed by atoms with Gasteiger partial charge in [-0.2, -0.15) is 0 Å². The molecule has 1 aliphatic heterocycles. The van der Waals surface area contributed by atoms with Crippen molar-refractivity contribution >= 4 is 52.3 Å². The van der Waals surface area contributed by atoms with Gasteiger partial charge in [0.1, 0.15) is 11.0 Å². The van der Waals surface area contributed by atoms with Gasteiger partial charge in [0.15, 0.2) is 0 Å². The smallest absolute Gasteiger partial charge is 0.135 e. The molecule has 6 aromatic rings. The van der Waals surface area contributed by atoms with Gasteiger partial charge in [0, 0.05) is 33.6 Å².